The number of carbonyl (C=O) groups is 1. The molecule has 0 saturated heterocycles. The third-order valence-corrected chi connectivity index (χ3v) is 2.36. The molecule has 0 radical (unpaired) electrons. The van der Waals surface area contributed by atoms with Gasteiger partial charge in [0.1, 0.15) is 5.69 Å². The number of H-pyrrole nitrogens is 1. The van der Waals surface area contributed by atoms with Gasteiger partial charge in [0.2, 0.25) is 0 Å². The number of nitrogens with two attached hydrogens (primary N) is 1. The molecule has 1 aromatic heterocycles. The average Bonchev–Trinajstić information content (AvgIpc) is 2.46. The minimum atomic E-state index is -0.412. The highest BCUT2D eigenvalue weighted by molar-refractivity contribution is 6.02. The number of nitrogens with zero attached hydrogens (tertiary/aromatic N) is 1. The van der Waals surface area contributed by atoms with Gasteiger partial charge in [-0.2, -0.15) is 0 Å². The molecule has 0 aliphatic heterocycles. The number of aromatic nitrogens is 2. The normalized spacial score (nSPS) is 9.45. The lowest BCUT2D eigenvalue weighted by atomic mass is 10.2. The predicted octanol–water partition coefficient (Wildman–Crippen LogP) is 0.332. The molecule has 1 aromatic carbocycles. The van der Waals surface area contributed by atoms with Crippen molar-refractivity contribution in [2.45, 2.75) is 0 Å². The lowest BCUT2D eigenvalue weighted by Gasteiger charge is -2.04. The first-order valence-electron chi connectivity index (χ1n) is 5.84. The van der Waals surface area contributed by atoms with E-state index in [0.717, 1.165) is 11.8 Å². The summed E-state index contributed by atoms with van der Waals surface area (Å²) < 4.78 is 0. The van der Waals surface area contributed by atoms with Crippen LogP contribution in [0.5, 0.6) is 0 Å². The van der Waals surface area contributed by atoms with Crippen LogP contribution in [0.3, 0.4) is 0 Å². The van der Waals surface area contributed by atoms with E-state index in [1.807, 2.05) is 6.07 Å². The first kappa shape index (κ1) is 13.5. The second-order valence-corrected chi connectivity index (χ2v) is 3.84. The fourth-order valence-electron chi connectivity index (χ4n) is 1.49. The van der Waals surface area contributed by atoms with Crippen molar-refractivity contribution in [2.75, 3.05) is 11.9 Å². The summed E-state index contributed by atoms with van der Waals surface area (Å²) in [5.74, 6) is 5.20. The van der Waals surface area contributed by atoms with Crippen LogP contribution in [-0.2, 0) is 0 Å². The van der Waals surface area contributed by atoms with Gasteiger partial charge < -0.3 is 16.0 Å². The number of benzene rings is 1. The van der Waals surface area contributed by atoms with Crippen LogP contribution < -0.4 is 16.6 Å². The van der Waals surface area contributed by atoms with Crippen LogP contribution in [0.4, 0.5) is 5.69 Å². The Hall–Kier alpha value is -2.91. The molecule has 6 nitrogen and oxygen atoms in total. The molecule has 0 atom stereocenters. The van der Waals surface area contributed by atoms with Crippen molar-refractivity contribution in [2.24, 2.45) is 5.73 Å². The van der Waals surface area contributed by atoms with Gasteiger partial charge in [0.05, 0.1) is 12.7 Å². The zero-order chi connectivity index (χ0) is 14.4. The first-order valence-corrected chi connectivity index (χ1v) is 5.84. The topological polar surface area (TPSA) is 101 Å². The molecule has 4 N–H and O–H groups in total. The third kappa shape index (κ3) is 3.54. The maximum atomic E-state index is 11.9. The summed E-state index contributed by atoms with van der Waals surface area (Å²) in [6, 6.07) is 7.05. The zero-order valence-corrected chi connectivity index (χ0v) is 10.5. The Morgan fingerprint density at radius 2 is 2.30 bits per heavy atom. The summed E-state index contributed by atoms with van der Waals surface area (Å²) in [4.78, 5) is 28.9. The zero-order valence-electron chi connectivity index (χ0n) is 10.5. The minimum Gasteiger partial charge on any atom is -0.325 e. The fraction of sp³-hybridized carbons (Fsp3) is 0.0714. The summed E-state index contributed by atoms with van der Waals surface area (Å²) in [6.45, 7) is 0.276. The third-order valence-electron chi connectivity index (χ3n) is 2.36. The lowest BCUT2D eigenvalue weighted by molar-refractivity contribution is 0.102. The van der Waals surface area contributed by atoms with Crippen LogP contribution in [0.25, 0.3) is 0 Å². The Balaban J connectivity index is 2.15. The Morgan fingerprint density at radius 1 is 1.45 bits per heavy atom. The Morgan fingerprint density at radius 3 is 3.00 bits per heavy atom. The number of hydrogen-bond donors (Lipinski definition) is 3. The van der Waals surface area contributed by atoms with E-state index in [-0.39, 0.29) is 17.8 Å². The van der Waals surface area contributed by atoms with Crippen molar-refractivity contribution >= 4 is 11.6 Å². The number of carbonyl (C=O) groups excluding carboxylic acids is 1. The van der Waals surface area contributed by atoms with Crippen molar-refractivity contribution in [1.82, 2.24) is 9.97 Å². The number of hydrogen-bond acceptors (Lipinski definition) is 4. The Labute approximate surface area is 115 Å². The maximum Gasteiger partial charge on any atom is 0.275 e. The van der Waals surface area contributed by atoms with Gasteiger partial charge in [-0.05, 0) is 18.2 Å². The molecule has 0 spiro atoms. The number of nitrogens with one attached hydrogen (secondary N) is 2. The summed E-state index contributed by atoms with van der Waals surface area (Å²) >= 11 is 0. The molecule has 0 aliphatic carbocycles. The van der Waals surface area contributed by atoms with E-state index in [4.69, 9.17) is 5.73 Å². The van der Waals surface area contributed by atoms with Gasteiger partial charge in [-0.25, -0.2) is 4.98 Å². The average molecular weight is 268 g/mol. The van der Waals surface area contributed by atoms with Gasteiger partial charge in [0.15, 0.2) is 0 Å². The molecule has 0 fully saturated rings. The molecule has 20 heavy (non-hydrogen) atoms. The van der Waals surface area contributed by atoms with Gasteiger partial charge in [-0.3, -0.25) is 9.59 Å². The van der Waals surface area contributed by atoms with E-state index in [1.54, 1.807) is 18.2 Å². The van der Waals surface area contributed by atoms with Gasteiger partial charge in [-0.1, -0.05) is 17.9 Å². The van der Waals surface area contributed by atoms with E-state index in [1.165, 1.54) is 6.20 Å². The molecule has 1 heterocycles. The molecule has 0 saturated carbocycles. The van der Waals surface area contributed by atoms with Gasteiger partial charge in [0.25, 0.3) is 11.5 Å². The fourth-order valence-corrected chi connectivity index (χ4v) is 1.49. The van der Waals surface area contributed by atoms with Gasteiger partial charge >= 0.3 is 0 Å². The Kier molecular flexibility index (Phi) is 4.27. The molecule has 100 valence electrons. The second-order valence-electron chi connectivity index (χ2n) is 3.84. The molecular weight excluding hydrogens is 256 g/mol. The maximum absolute atomic E-state index is 11.9. The van der Waals surface area contributed by atoms with Crippen LogP contribution in [-0.4, -0.2) is 22.4 Å². The van der Waals surface area contributed by atoms with E-state index in [9.17, 15) is 9.59 Å². The van der Waals surface area contributed by atoms with Crippen molar-refractivity contribution in [3.63, 3.8) is 0 Å². The first-order chi connectivity index (χ1) is 9.69. The number of anilines is 1. The number of aromatic amines is 1. The molecule has 6 heteroatoms. The largest absolute Gasteiger partial charge is 0.325 e. The molecule has 0 bridgehead atoms. The molecule has 0 aliphatic rings. The van der Waals surface area contributed by atoms with Crippen LogP contribution in [0, 0.1) is 11.8 Å². The molecule has 2 aromatic rings. The summed E-state index contributed by atoms with van der Waals surface area (Å²) in [7, 11) is 0. The van der Waals surface area contributed by atoms with Crippen LogP contribution in [0.2, 0.25) is 0 Å². The smallest absolute Gasteiger partial charge is 0.275 e. The summed E-state index contributed by atoms with van der Waals surface area (Å²) in [5, 5.41) is 2.67. The van der Waals surface area contributed by atoms with E-state index < -0.39 is 5.91 Å². The Bertz CT molecular complexity index is 720. The van der Waals surface area contributed by atoms with Gasteiger partial charge in [-0.15, -0.1) is 0 Å². The van der Waals surface area contributed by atoms with E-state index in [2.05, 4.69) is 27.1 Å². The second kappa shape index (κ2) is 6.31. The minimum absolute atomic E-state index is 0.128. The van der Waals surface area contributed by atoms with E-state index in [0.29, 0.717) is 5.69 Å². The molecule has 2 rings (SSSR count). The standard InChI is InChI=1S/C14H12N4O2/c15-6-2-4-10-3-1-5-11(7-10)18-14(20)12-8-17-13(19)9-16-12/h1,3,5,7-9H,6,15H2,(H,17,19)(H,18,20). The molecule has 0 unspecified atom stereocenters. The molecule has 1 amide bonds. The number of rotatable bonds is 2. The van der Waals surface area contributed by atoms with Gasteiger partial charge in [0, 0.05) is 17.4 Å². The summed E-state index contributed by atoms with van der Waals surface area (Å²) in [5.41, 5.74) is 6.41. The quantitative estimate of drug-likeness (QED) is 0.683. The highest BCUT2D eigenvalue weighted by Gasteiger charge is 2.07. The lowest BCUT2D eigenvalue weighted by Crippen LogP contribution is -2.16. The van der Waals surface area contributed by atoms with Crippen LogP contribution in [0.1, 0.15) is 16.1 Å². The van der Waals surface area contributed by atoms with Crippen LogP contribution in [0.15, 0.2) is 41.5 Å². The number of amides is 1. The highest BCUT2D eigenvalue weighted by Crippen LogP contribution is 2.10. The van der Waals surface area contributed by atoms with Crippen molar-refractivity contribution in [3.05, 3.63) is 58.3 Å². The monoisotopic (exact) mass is 268 g/mol. The predicted molar refractivity (Wildman–Crippen MR) is 75.2 cm³/mol. The summed E-state index contributed by atoms with van der Waals surface area (Å²) in [6.07, 6.45) is 2.31. The van der Waals surface area contributed by atoms with E-state index >= 15 is 0 Å². The van der Waals surface area contributed by atoms with Crippen molar-refractivity contribution in [1.29, 1.82) is 0 Å². The highest BCUT2D eigenvalue weighted by atomic mass is 16.2. The van der Waals surface area contributed by atoms with Crippen LogP contribution >= 0.6 is 0 Å². The SMILES string of the molecule is NCC#Cc1cccc(NC(=O)c2c[nH]c(=O)cn2)c1. The molecular formula is C14H12N4O2. The van der Waals surface area contributed by atoms with Crippen molar-refractivity contribution in [3.8, 4) is 11.8 Å². The van der Waals surface area contributed by atoms with Crippen molar-refractivity contribution < 1.29 is 4.79 Å².